The molecule has 1 atom stereocenters. The van der Waals surface area contributed by atoms with Gasteiger partial charge in [0.2, 0.25) is 0 Å². The minimum Gasteiger partial charge on any atom is -0.497 e. The van der Waals surface area contributed by atoms with E-state index in [0.29, 0.717) is 17.1 Å². The molecule has 1 heterocycles. The van der Waals surface area contributed by atoms with E-state index in [1.165, 1.54) is 0 Å². The van der Waals surface area contributed by atoms with Crippen molar-refractivity contribution in [1.29, 1.82) is 0 Å². The number of nitrogens with one attached hydrogen (secondary N) is 1. The van der Waals surface area contributed by atoms with Gasteiger partial charge in [-0.3, -0.25) is 4.79 Å². The Morgan fingerprint density at radius 3 is 2.76 bits per heavy atom. The van der Waals surface area contributed by atoms with Crippen molar-refractivity contribution in [3.8, 4) is 11.5 Å². The second kappa shape index (κ2) is 7.31. The molecular weight excluding hydrogens is 268 g/mol. The van der Waals surface area contributed by atoms with Crippen LogP contribution < -0.4 is 14.8 Å². The van der Waals surface area contributed by atoms with Crippen molar-refractivity contribution < 1.29 is 14.3 Å². The second-order valence-corrected chi connectivity index (χ2v) is 5.21. The Hall–Kier alpha value is -1.75. The lowest BCUT2D eigenvalue weighted by atomic mass is 10.1. The van der Waals surface area contributed by atoms with Crippen LogP contribution in [0.25, 0.3) is 0 Å². The first-order valence-corrected chi connectivity index (χ1v) is 7.45. The number of rotatable bonds is 6. The SMILES string of the molecule is CCCN(C(=O)c1cc(OC)ccc1OC)C1CCNC1. The summed E-state index contributed by atoms with van der Waals surface area (Å²) in [6.07, 6.45) is 1.94. The number of methoxy groups -OCH3 is 2. The Balaban J connectivity index is 2.30. The predicted molar refractivity (Wildman–Crippen MR) is 82.1 cm³/mol. The van der Waals surface area contributed by atoms with Gasteiger partial charge < -0.3 is 19.7 Å². The summed E-state index contributed by atoms with van der Waals surface area (Å²) in [5.41, 5.74) is 0.567. The van der Waals surface area contributed by atoms with Crippen LogP contribution in [0.4, 0.5) is 0 Å². The van der Waals surface area contributed by atoms with Crippen LogP contribution in [0.15, 0.2) is 18.2 Å². The third-order valence-electron chi connectivity index (χ3n) is 3.84. The first-order chi connectivity index (χ1) is 10.2. The Morgan fingerprint density at radius 1 is 1.38 bits per heavy atom. The van der Waals surface area contributed by atoms with Crippen LogP contribution in [0.1, 0.15) is 30.1 Å². The van der Waals surface area contributed by atoms with Gasteiger partial charge in [-0.15, -0.1) is 0 Å². The van der Waals surface area contributed by atoms with Crippen LogP contribution >= 0.6 is 0 Å². The summed E-state index contributed by atoms with van der Waals surface area (Å²) in [7, 11) is 3.18. The maximum absolute atomic E-state index is 12.9. The van der Waals surface area contributed by atoms with E-state index in [1.54, 1.807) is 32.4 Å². The molecule has 0 saturated carbocycles. The van der Waals surface area contributed by atoms with Crippen molar-refractivity contribution in [2.75, 3.05) is 33.9 Å². The molecule has 1 aliphatic rings. The molecule has 1 saturated heterocycles. The number of hydrogen-bond acceptors (Lipinski definition) is 4. The van der Waals surface area contributed by atoms with E-state index in [4.69, 9.17) is 9.47 Å². The van der Waals surface area contributed by atoms with Crippen LogP contribution in [0, 0.1) is 0 Å². The molecule has 5 nitrogen and oxygen atoms in total. The lowest BCUT2D eigenvalue weighted by Crippen LogP contribution is -2.42. The van der Waals surface area contributed by atoms with Crippen molar-refractivity contribution in [2.24, 2.45) is 0 Å². The Bertz CT molecular complexity index is 484. The zero-order chi connectivity index (χ0) is 15.2. The van der Waals surface area contributed by atoms with Crippen LogP contribution in [0.5, 0.6) is 11.5 Å². The molecule has 1 unspecified atom stereocenters. The summed E-state index contributed by atoms with van der Waals surface area (Å²) >= 11 is 0. The Kier molecular flexibility index (Phi) is 5.44. The van der Waals surface area contributed by atoms with Gasteiger partial charge in [0.05, 0.1) is 19.8 Å². The van der Waals surface area contributed by atoms with Gasteiger partial charge in [-0.05, 0) is 37.6 Å². The quantitative estimate of drug-likeness (QED) is 0.870. The summed E-state index contributed by atoms with van der Waals surface area (Å²) in [6.45, 7) is 4.67. The number of amides is 1. The standard InChI is InChI=1S/C16H24N2O3/c1-4-9-18(12-7-8-17-11-12)16(19)14-10-13(20-2)5-6-15(14)21-3/h5-6,10,12,17H,4,7-9,11H2,1-3H3. The first kappa shape index (κ1) is 15.6. The normalized spacial score (nSPS) is 17.6. The molecule has 1 aromatic rings. The zero-order valence-corrected chi connectivity index (χ0v) is 13.0. The molecule has 1 N–H and O–H groups in total. The minimum atomic E-state index is 0.0151. The van der Waals surface area contributed by atoms with E-state index in [9.17, 15) is 4.79 Å². The van der Waals surface area contributed by atoms with Crippen molar-refractivity contribution in [1.82, 2.24) is 10.2 Å². The fourth-order valence-electron chi connectivity index (χ4n) is 2.73. The van der Waals surface area contributed by atoms with E-state index in [2.05, 4.69) is 12.2 Å². The third-order valence-corrected chi connectivity index (χ3v) is 3.84. The largest absolute Gasteiger partial charge is 0.497 e. The molecule has 0 spiro atoms. The van der Waals surface area contributed by atoms with E-state index in [1.807, 2.05) is 4.90 Å². The topological polar surface area (TPSA) is 50.8 Å². The van der Waals surface area contributed by atoms with Gasteiger partial charge in [0.25, 0.3) is 5.91 Å². The highest BCUT2D eigenvalue weighted by Gasteiger charge is 2.28. The smallest absolute Gasteiger partial charge is 0.258 e. The van der Waals surface area contributed by atoms with Crippen LogP contribution in [-0.4, -0.2) is 50.7 Å². The maximum Gasteiger partial charge on any atom is 0.258 e. The molecule has 1 aliphatic heterocycles. The number of hydrogen-bond donors (Lipinski definition) is 1. The predicted octanol–water partition coefficient (Wildman–Crippen LogP) is 1.92. The molecule has 5 heteroatoms. The summed E-state index contributed by atoms with van der Waals surface area (Å²) in [6, 6.07) is 5.60. The van der Waals surface area contributed by atoms with E-state index in [0.717, 1.165) is 32.5 Å². The summed E-state index contributed by atoms with van der Waals surface area (Å²) in [5.74, 6) is 1.27. The summed E-state index contributed by atoms with van der Waals surface area (Å²) in [4.78, 5) is 14.9. The van der Waals surface area contributed by atoms with Gasteiger partial charge in [-0.1, -0.05) is 6.92 Å². The average molecular weight is 292 g/mol. The van der Waals surface area contributed by atoms with E-state index >= 15 is 0 Å². The molecule has 0 aromatic heterocycles. The fourth-order valence-corrected chi connectivity index (χ4v) is 2.73. The monoisotopic (exact) mass is 292 g/mol. The van der Waals surface area contributed by atoms with Gasteiger partial charge in [0.1, 0.15) is 11.5 Å². The molecule has 0 radical (unpaired) electrons. The molecule has 21 heavy (non-hydrogen) atoms. The summed E-state index contributed by atoms with van der Waals surface area (Å²) in [5, 5.41) is 3.32. The van der Waals surface area contributed by atoms with Gasteiger partial charge in [0, 0.05) is 19.1 Å². The molecule has 0 aliphatic carbocycles. The molecule has 1 aromatic carbocycles. The van der Waals surface area contributed by atoms with E-state index in [-0.39, 0.29) is 11.9 Å². The Morgan fingerprint density at radius 2 is 2.19 bits per heavy atom. The number of ether oxygens (including phenoxy) is 2. The molecule has 0 bridgehead atoms. The van der Waals surface area contributed by atoms with Crippen LogP contribution in [0.2, 0.25) is 0 Å². The molecule has 1 amide bonds. The van der Waals surface area contributed by atoms with Crippen molar-refractivity contribution in [2.45, 2.75) is 25.8 Å². The highest BCUT2D eigenvalue weighted by Crippen LogP contribution is 2.26. The van der Waals surface area contributed by atoms with Crippen molar-refractivity contribution in [3.05, 3.63) is 23.8 Å². The molecule has 2 rings (SSSR count). The lowest BCUT2D eigenvalue weighted by Gasteiger charge is -2.29. The van der Waals surface area contributed by atoms with Crippen LogP contribution in [0.3, 0.4) is 0 Å². The number of carbonyl (C=O) groups excluding carboxylic acids is 1. The van der Waals surface area contributed by atoms with Gasteiger partial charge in [-0.25, -0.2) is 0 Å². The molecular formula is C16H24N2O3. The highest BCUT2D eigenvalue weighted by atomic mass is 16.5. The lowest BCUT2D eigenvalue weighted by molar-refractivity contribution is 0.0688. The van der Waals surface area contributed by atoms with Gasteiger partial charge in [-0.2, -0.15) is 0 Å². The number of benzene rings is 1. The second-order valence-electron chi connectivity index (χ2n) is 5.21. The van der Waals surface area contributed by atoms with Crippen LogP contribution in [-0.2, 0) is 0 Å². The summed E-state index contributed by atoms with van der Waals surface area (Å²) < 4.78 is 10.6. The highest BCUT2D eigenvalue weighted by molar-refractivity contribution is 5.97. The van der Waals surface area contributed by atoms with Gasteiger partial charge in [0.15, 0.2) is 0 Å². The number of nitrogens with zero attached hydrogens (tertiary/aromatic N) is 1. The first-order valence-electron chi connectivity index (χ1n) is 7.45. The Labute approximate surface area is 126 Å². The number of carbonyl (C=O) groups is 1. The van der Waals surface area contributed by atoms with E-state index < -0.39 is 0 Å². The zero-order valence-electron chi connectivity index (χ0n) is 13.0. The minimum absolute atomic E-state index is 0.0151. The van der Waals surface area contributed by atoms with Crippen molar-refractivity contribution in [3.63, 3.8) is 0 Å². The maximum atomic E-state index is 12.9. The molecule has 1 fully saturated rings. The van der Waals surface area contributed by atoms with Crippen molar-refractivity contribution >= 4 is 5.91 Å². The van der Waals surface area contributed by atoms with Gasteiger partial charge >= 0.3 is 0 Å². The third kappa shape index (κ3) is 3.47. The molecule has 116 valence electrons. The fraction of sp³-hybridized carbons (Fsp3) is 0.562. The average Bonchev–Trinajstić information content (AvgIpc) is 3.05.